The second-order valence-electron chi connectivity index (χ2n) is 6.97. The van der Waals surface area contributed by atoms with E-state index in [4.69, 9.17) is 14.2 Å². The minimum atomic E-state index is -0.172. The van der Waals surface area contributed by atoms with Gasteiger partial charge in [0.05, 0.1) is 12.8 Å². The van der Waals surface area contributed by atoms with Crippen LogP contribution >= 0.6 is 0 Å². The third-order valence-corrected chi connectivity index (χ3v) is 4.87. The lowest BCUT2D eigenvalue weighted by atomic mass is 9.97. The van der Waals surface area contributed by atoms with Crippen molar-refractivity contribution in [3.05, 3.63) is 77.9 Å². The number of anilines is 1. The Morgan fingerprint density at radius 3 is 2.59 bits per heavy atom. The molecular formula is C24H23NO4. The standard InChI is InChI=1S/C24H23NO4/c1-16(26)25-21-15-19(27-2)9-13-24(21)28-20-10-12-23-18(14-20)8-11-22(29-23)17-6-4-3-5-7-17/h3-7,9-10,12-15,22H,8,11H2,1-2H3,(H,25,26). The van der Waals surface area contributed by atoms with E-state index in [0.29, 0.717) is 22.9 Å². The molecule has 1 heterocycles. The number of carbonyl (C=O) groups excluding carboxylic acids is 1. The highest BCUT2D eigenvalue weighted by Crippen LogP contribution is 2.39. The predicted octanol–water partition coefficient (Wildman–Crippen LogP) is 5.51. The first-order valence-corrected chi connectivity index (χ1v) is 9.60. The fourth-order valence-corrected chi connectivity index (χ4v) is 3.47. The summed E-state index contributed by atoms with van der Waals surface area (Å²) in [7, 11) is 1.58. The van der Waals surface area contributed by atoms with Gasteiger partial charge in [-0.25, -0.2) is 0 Å². The van der Waals surface area contributed by atoms with Gasteiger partial charge < -0.3 is 19.5 Å². The first-order valence-electron chi connectivity index (χ1n) is 9.60. The Kier molecular flexibility index (Phi) is 5.38. The number of ether oxygens (including phenoxy) is 3. The highest BCUT2D eigenvalue weighted by Gasteiger charge is 2.22. The summed E-state index contributed by atoms with van der Waals surface area (Å²) in [6.07, 6.45) is 1.90. The first kappa shape index (κ1) is 18.9. The molecule has 3 aromatic rings. The van der Waals surface area contributed by atoms with Crippen molar-refractivity contribution in [2.75, 3.05) is 12.4 Å². The van der Waals surface area contributed by atoms with Crippen molar-refractivity contribution in [2.45, 2.75) is 25.9 Å². The average molecular weight is 389 g/mol. The Balaban J connectivity index is 1.54. The summed E-state index contributed by atoms with van der Waals surface area (Å²) < 4.78 is 17.5. The predicted molar refractivity (Wildman–Crippen MR) is 112 cm³/mol. The minimum absolute atomic E-state index is 0.0726. The molecule has 0 spiro atoms. The maximum atomic E-state index is 11.5. The topological polar surface area (TPSA) is 56.8 Å². The number of benzene rings is 3. The zero-order chi connectivity index (χ0) is 20.2. The molecule has 0 fully saturated rings. The molecule has 1 aliphatic rings. The van der Waals surface area contributed by atoms with Crippen LogP contribution in [0.2, 0.25) is 0 Å². The molecule has 1 unspecified atom stereocenters. The average Bonchev–Trinajstić information content (AvgIpc) is 2.75. The van der Waals surface area contributed by atoms with Gasteiger partial charge in [0.25, 0.3) is 0 Å². The van der Waals surface area contributed by atoms with E-state index < -0.39 is 0 Å². The Morgan fingerprint density at radius 1 is 1.03 bits per heavy atom. The third-order valence-electron chi connectivity index (χ3n) is 4.87. The largest absolute Gasteiger partial charge is 0.497 e. The summed E-state index contributed by atoms with van der Waals surface area (Å²) in [5.74, 6) is 2.61. The molecule has 0 saturated carbocycles. The number of nitrogens with one attached hydrogen (secondary N) is 1. The molecule has 1 N–H and O–H groups in total. The van der Waals surface area contributed by atoms with Crippen LogP contribution < -0.4 is 19.5 Å². The summed E-state index contributed by atoms with van der Waals surface area (Å²) in [4.78, 5) is 11.5. The Bertz CT molecular complexity index is 1020. The molecule has 1 aliphatic heterocycles. The second-order valence-corrected chi connectivity index (χ2v) is 6.97. The number of hydrogen-bond donors (Lipinski definition) is 1. The van der Waals surface area contributed by atoms with Gasteiger partial charge in [-0.2, -0.15) is 0 Å². The quantitative estimate of drug-likeness (QED) is 0.625. The molecule has 29 heavy (non-hydrogen) atoms. The highest BCUT2D eigenvalue weighted by atomic mass is 16.5. The van der Waals surface area contributed by atoms with Crippen LogP contribution in [0.25, 0.3) is 0 Å². The van der Waals surface area contributed by atoms with E-state index in [1.54, 1.807) is 25.3 Å². The molecule has 3 aromatic carbocycles. The molecule has 5 heteroatoms. The minimum Gasteiger partial charge on any atom is -0.497 e. The third kappa shape index (κ3) is 4.35. The van der Waals surface area contributed by atoms with Crippen molar-refractivity contribution in [3.8, 4) is 23.0 Å². The molecular weight excluding hydrogens is 366 g/mol. The van der Waals surface area contributed by atoms with Gasteiger partial charge in [0.15, 0.2) is 5.75 Å². The van der Waals surface area contributed by atoms with E-state index in [-0.39, 0.29) is 12.0 Å². The number of rotatable bonds is 5. The number of carbonyl (C=O) groups is 1. The van der Waals surface area contributed by atoms with Gasteiger partial charge in [0.2, 0.25) is 5.91 Å². The highest BCUT2D eigenvalue weighted by molar-refractivity contribution is 5.90. The first-order chi connectivity index (χ1) is 14.1. The van der Waals surface area contributed by atoms with Crippen LogP contribution in [0.5, 0.6) is 23.0 Å². The Morgan fingerprint density at radius 2 is 1.83 bits per heavy atom. The van der Waals surface area contributed by atoms with E-state index in [9.17, 15) is 4.79 Å². The SMILES string of the molecule is COc1ccc(Oc2ccc3c(c2)CCC(c2ccccc2)O3)c(NC(C)=O)c1. The molecule has 0 aliphatic carbocycles. The molecule has 0 saturated heterocycles. The summed E-state index contributed by atoms with van der Waals surface area (Å²) in [6.45, 7) is 1.46. The number of amides is 1. The number of aryl methyl sites for hydroxylation is 1. The Labute approximate surface area is 170 Å². The van der Waals surface area contributed by atoms with Crippen molar-refractivity contribution in [3.63, 3.8) is 0 Å². The van der Waals surface area contributed by atoms with Crippen molar-refractivity contribution < 1.29 is 19.0 Å². The number of fused-ring (bicyclic) bond motifs is 1. The lowest BCUT2D eigenvalue weighted by Gasteiger charge is -2.27. The monoisotopic (exact) mass is 389 g/mol. The van der Waals surface area contributed by atoms with Crippen LogP contribution in [-0.4, -0.2) is 13.0 Å². The van der Waals surface area contributed by atoms with Crippen LogP contribution in [0, 0.1) is 0 Å². The van der Waals surface area contributed by atoms with E-state index in [0.717, 1.165) is 24.2 Å². The van der Waals surface area contributed by atoms with Crippen molar-refractivity contribution in [1.29, 1.82) is 0 Å². The van der Waals surface area contributed by atoms with E-state index >= 15 is 0 Å². The maximum absolute atomic E-state index is 11.5. The second kappa shape index (κ2) is 8.27. The molecule has 4 rings (SSSR count). The van der Waals surface area contributed by atoms with Gasteiger partial charge in [-0.15, -0.1) is 0 Å². The van der Waals surface area contributed by atoms with Crippen LogP contribution in [-0.2, 0) is 11.2 Å². The lowest BCUT2D eigenvalue weighted by molar-refractivity contribution is -0.114. The summed E-state index contributed by atoms with van der Waals surface area (Å²) in [6, 6.07) is 21.4. The lowest BCUT2D eigenvalue weighted by Crippen LogP contribution is -2.15. The van der Waals surface area contributed by atoms with Gasteiger partial charge in [-0.1, -0.05) is 30.3 Å². The van der Waals surface area contributed by atoms with Gasteiger partial charge >= 0.3 is 0 Å². The van der Waals surface area contributed by atoms with E-state index in [2.05, 4.69) is 17.4 Å². The fraction of sp³-hybridized carbons (Fsp3) is 0.208. The van der Waals surface area contributed by atoms with Crippen LogP contribution in [0.15, 0.2) is 66.7 Å². The number of hydrogen-bond acceptors (Lipinski definition) is 4. The van der Waals surface area contributed by atoms with E-state index in [1.807, 2.05) is 36.4 Å². The zero-order valence-electron chi connectivity index (χ0n) is 16.5. The summed E-state index contributed by atoms with van der Waals surface area (Å²) >= 11 is 0. The maximum Gasteiger partial charge on any atom is 0.221 e. The molecule has 0 bridgehead atoms. The summed E-state index contributed by atoms with van der Waals surface area (Å²) in [5.41, 5.74) is 2.87. The van der Waals surface area contributed by atoms with Gasteiger partial charge in [0, 0.05) is 13.0 Å². The normalized spacial score (nSPS) is 15.0. The van der Waals surface area contributed by atoms with Crippen molar-refractivity contribution in [2.24, 2.45) is 0 Å². The van der Waals surface area contributed by atoms with Crippen LogP contribution in [0.4, 0.5) is 5.69 Å². The van der Waals surface area contributed by atoms with Gasteiger partial charge in [-0.05, 0) is 54.3 Å². The zero-order valence-corrected chi connectivity index (χ0v) is 16.5. The van der Waals surface area contributed by atoms with Crippen molar-refractivity contribution in [1.82, 2.24) is 0 Å². The van der Waals surface area contributed by atoms with Crippen LogP contribution in [0.3, 0.4) is 0 Å². The smallest absolute Gasteiger partial charge is 0.221 e. The molecule has 0 aromatic heterocycles. The van der Waals surface area contributed by atoms with Gasteiger partial charge in [-0.3, -0.25) is 4.79 Å². The molecule has 1 amide bonds. The van der Waals surface area contributed by atoms with Crippen LogP contribution in [0.1, 0.15) is 30.6 Å². The molecule has 0 radical (unpaired) electrons. The van der Waals surface area contributed by atoms with E-state index in [1.165, 1.54) is 12.5 Å². The number of methoxy groups -OCH3 is 1. The van der Waals surface area contributed by atoms with Gasteiger partial charge in [0.1, 0.15) is 23.4 Å². The molecule has 5 nitrogen and oxygen atoms in total. The molecule has 148 valence electrons. The van der Waals surface area contributed by atoms with Crippen molar-refractivity contribution >= 4 is 11.6 Å². The fourth-order valence-electron chi connectivity index (χ4n) is 3.47. The Hall–Kier alpha value is -3.47. The summed E-state index contributed by atoms with van der Waals surface area (Å²) in [5, 5.41) is 2.79. The molecule has 1 atom stereocenters.